The van der Waals surface area contributed by atoms with Crippen molar-refractivity contribution >= 4 is 5.91 Å². The molecule has 3 heteroatoms. The van der Waals surface area contributed by atoms with Crippen LogP contribution < -0.4 is 0 Å². The third kappa shape index (κ3) is 1.78. The summed E-state index contributed by atoms with van der Waals surface area (Å²) in [7, 11) is 0. The van der Waals surface area contributed by atoms with Crippen molar-refractivity contribution in [3.63, 3.8) is 0 Å². The van der Waals surface area contributed by atoms with Crippen LogP contribution in [0, 0.1) is 0 Å². The van der Waals surface area contributed by atoms with Gasteiger partial charge in [0.1, 0.15) is 5.69 Å². The molecule has 3 nitrogen and oxygen atoms in total. The molecule has 0 bridgehead atoms. The van der Waals surface area contributed by atoms with Crippen LogP contribution in [0.2, 0.25) is 0 Å². The molecule has 3 rings (SSSR count). The van der Waals surface area contributed by atoms with Gasteiger partial charge in [-0.25, -0.2) is 0 Å². The maximum absolute atomic E-state index is 12.5. The Hall–Kier alpha value is -1.25. The van der Waals surface area contributed by atoms with Gasteiger partial charge < -0.3 is 9.47 Å². The van der Waals surface area contributed by atoms with Gasteiger partial charge >= 0.3 is 0 Å². The summed E-state index contributed by atoms with van der Waals surface area (Å²) < 4.78 is 2.23. The minimum atomic E-state index is 0.239. The van der Waals surface area contributed by atoms with Crippen LogP contribution in [-0.4, -0.2) is 28.0 Å². The lowest BCUT2D eigenvalue weighted by molar-refractivity contribution is 0.0735. The first-order valence-corrected chi connectivity index (χ1v) is 6.77. The third-order valence-corrected chi connectivity index (χ3v) is 4.17. The van der Waals surface area contributed by atoms with Gasteiger partial charge in [-0.1, -0.05) is 0 Å². The number of amides is 1. The molecule has 2 aliphatic heterocycles. The van der Waals surface area contributed by atoms with E-state index in [4.69, 9.17) is 0 Å². The third-order valence-electron chi connectivity index (χ3n) is 4.17. The van der Waals surface area contributed by atoms with Crippen LogP contribution in [0.15, 0.2) is 12.1 Å². The maximum atomic E-state index is 12.5. The second kappa shape index (κ2) is 4.21. The Morgan fingerprint density at radius 2 is 2.12 bits per heavy atom. The number of nitrogens with zero attached hydrogens (tertiary/aromatic N) is 2. The SMILES string of the molecule is CC1CCCN1C(=O)c1ccc2n1CCCC2. The highest BCUT2D eigenvalue weighted by Gasteiger charge is 2.28. The van der Waals surface area contributed by atoms with Crippen molar-refractivity contribution in [2.45, 2.75) is 51.6 Å². The Balaban J connectivity index is 1.88. The molecule has 1 fully saturated rings. The van der Waals surface area contributed by atoms with Crippen molar-refractivity contribution in [3.8, 4) is 0 Å². The smallest absolute Gasteiger partial charge is 0.270 e. The molecule has 17 heavy (non-hydrogen) atoms. The molecule has 92 valence electrons. The minimum Gasteiger partial charge on any atom is -0.341 e. The zero-order valence-corrected chi connectivity index (χ0v) is 10.5. The van der Waals surface area contributed by atoms with E-state index < -0.39 is 0 Å². The van der Waals surface area contributed by atoms with E-state index in [1.165, 1.54) is 18.5 Å². The number of carbonyl (C=O) groups excluding carboxylic acids is 1. The van der Waals surface area contributed by atoms with Crippen LogP contribution in [0.25, 0.3) is 0 Å². The lowest BCUT2D eigenvalue weighted by Gasteiger charge is -2.24. The van der Waals surface area contributed by atoms with Gasteiger partial charge in [0, 0.05) is 24.8 Å². The minimum absolute atomic E-state index is 0.239. The summed E-state index contributed by atoms with van der Waals surface area (Å²) in [5, 5.41) is 0. The molecule has 1 saturated heterocycles. The summed E-state index contributed by atoms with van der Waals surface area (Å²) in [5.74, 6) is 0.239. The molecular formula is C14H20N2O. The maximum Gasteiger partial charge on any atom is 0.270 e. The van der Waals surface area contributed by atoms with Gasteiger partial charge in [-0.2, -0.15) is 0 Å². The average Bonchev–Trinajstić information content (AvgIpc) is 2.94. The summed E-state index contributed by atoms with van der Waals surface area (Å²) in [6.07, 6.45) is 5.90. The van der Waals surface area contributed by atoms with E-state index in [2.05, 4.69) is 17.6 Å². The van der Waals surface area contributed by atoms with Crippen molar-refractivity contribution in [1.82, 2.24) is 9.47 Å². The summed E-state index contributed by atoms with van der Waals surface area (Å²) in [4.78, 5) is 14.5. The Morgan fingerprint density at radius 3 is 2.88 bits per heavy atom. The fourth-order valence-electron chi connectivity index (χ4n) is 3.14. The number of fused-ring (bicyclic) bond motifs is 1. The Bertz CT molecular complexity index is 435. The monoisotopic (exact) mass is 232 g/mol. The summed E-state index contributed by atoms with van der Waals surface area (Å²) in [6, 6.07) is 4.57. The first kappa shape index (κ1) is 10.9. The molecule has 2 aliphatic rings. The van der Waals surface area contributed by atoms with Crippen molar-refractivity contribution in [3.05, 3.63) is 23.5 Å². The predicted octanol–water partition coefficient (Wildman–Crippen LogP) is 2.45. The normalized spacial score (nSPS) is 23.8. The van der Waals surface area contributed by atoms with Crippen molar-refractivity contribution in [2.75, 3.05) is 6.54 Å². The fraction of sp³-hybridized carbons (Fsp3) is 0.643. The van der Waals surface area contributed by atoms with Gasteiger partial charge in [-0.05, 0) is 51.2 Å². The van der Waals surface area contributed by atoms with Gasteiger partial charge in [-0.15, -0.1) is 0 Å². The van der Waals surface area contributed by atoms with Crippen LogP contribution in [0.4, 0.5) is 0 Å². The first-order valence-electron chi connectivity index (χ1n) is 6.77. The molecule has 0 saturated carbocycles. The van der Waals surface area contributed by atoms with Crippen molar-refractivity contribution < 1.29 is 4.79 Å². The fourth-order valence-corrected chi connectivity index (χ4v) is 3.14. The molecule has 0 aromatic carbocycles. The van der Waals surface area contributed by atoms with Crippen LogP contribution in [0.5, 0.6) is 0 Å². The van der Waals surface area contributed by atoms with E-state index in [0.29, 0.717) is 6.04 Å². The molecule has 1 unspecified atom stereocenters. The molecule has 1 aromatic rings. The number of aryl methyl sites for hydroxylation is 1. The molecule has 1 amide bonds. The Labute approximate surface area is 102 Å². The lowest BCUT2D eigenvalue weighted by atomic mass is 10.1. The molecule has 1 atom stereocenters. The number of hydrogen-bond acceptors (Lipinski definition) is 1. The van der Waals surface area contributed by atoms with Crippen LogP contribution in [0.3, 0.4) is 0 Å². The quantitative estimate of drug-likeness (QED) is 0.730. The predicted molar refractivity (Wildman–Crippen MR) is 67.1 cm³/mol. The van der Waals surface area contributed by atoms with Gasteiger partial charge in [-0.3, -0.25) is 4.79 Å². The second-order valence-electron chi connectivity index (χ2n) is 5.31. The van der Waals surface area contributed by atoms with E-state index in [0.717, 1.165) is 38.0 Å². The number of rotatable bonds is 1. The summed E-state index contributed by atoms with van der Waals surface area (Å²) >= 11 is 0. The number of aromatic nitrogens is 1. The second-order valence-corrected chi connectivity index (χ2v) is 5.31. The van der Waals surface area contributed by atoms with Crippen LogP contribution in [-0.2, 0) is 13.0 Å². The molecule has 0 spiro atoms. The van der Waals surface area contributed by atoms with Crippen LogP contribution >= 0.6 is 0 Å². The van der Waals surface area contributed by atoms with Gasteiger partial charge in [0.2, 0.25) is 0 Å². The van der Waals surface area contributed by atoms with E-state index >= 15 is 0 Å². The van der Waals surface area contributed by atoms with Crippen molar-refractivity contribution in [1.29, 1.82) is 0 Å². The lowest BCUT2D eigenvalue weighted by Crippen LogP contribution is -2.35. The van der Waals surface area contributed by atoms with Crippen molar-refractivity contribution in [2.24, 2.45) is 0 Å². The largest absolute Gasteiger partial charge is 0.341 e. The molecule has 0 N–H and O–H groups in total. The topological polar surface area (TPSA) is 25.2 Å². The molecule has 1 aromatic heterocycles. The standard InChI is InChI=1S/C14H20N2O/c1-11-5-4-10-15(11)14(17)13-8-7-12-6-2-3-9-16(12)13/h7-8,11H,2-6,9-10H2,1H3. The number of likely N-dealkylation sites (tertiary alicyclic amines) is 1. The highest BCUT2D eigenvalue weighted by atomic mass is 16.2. The average molecular weight is 232 g/mol. The Kier molecular flexibility index (Phi) is 2.69. The number of carbonyl (C=O) groups is 1. The van der Waals surface area contributed by atoms with Gasteiger partial charge in [0.15, 0.2) is 0 Å². The summed E-state index contributed by atoms with van der Waals surface area (Å²) in [5.41, 5.74) is 2.25. The van der Waals surface area contributed by atoms with E-state index in [1.807, 2.05) is 11.0 Å². The first-order chi connectivity index (χ1) is 8.27. The molecular weight excluding hydrogens is 212 g/mol. The van der Waals surface area contributed by atoms with Gasteiger partial charge in [0.25, 0.3) is 5.91 Å². The van der Waals surface area contributed by atoms with E-state index in [9.17, 15) is 4.79 Å². The van der Waals surface area contributed by atoms with E-state index in [1.54, 1.807) is 0 Å². The molecule has 0 aliphatic carbocycles. The zero-order valence-electron chi connectivity index (χ0n) is 10.5. The molecule has 3 heterocycles. The molecule has 0 radical (unpaired) electrons. The van der Waals surface area contributed by atoms with E-state index in [-0.39, 0.29) is 5.91 Å². The van der Waals surface area contributed by atoms with Crippen LogP contribution in [0.1, 0.15) is 48.8 Å². The Morgan fingerprint density at radius 1 is 1.24 bits per heavy atom. The summed E-state index contributed by atoms with van der Waals surface area (Å²) in [6.45, 7) is 4.11. The van der Waals surface area contributed by atoms with Gasteiger partial charge in [0.05, 0.1) is 0 Å². The highest BCUT2D eigenvalue weighted by molar-refractivity contribution is 5.93. The highest BCUT2D eigenvalue weighted by Crippen LogP contribution is 2.23. The number of hydrogen-bond donors (Lipinski definition) is 0. The zero-order chi connectivity index (χ0) is 11.8.